The Morgan fingerprint density at radius 3 is 2.62 bits per heavy atom. The van der Waals surface area contributed by atoms with Gasteiger partial charge in [-0.25, -0.2) is 0 Å². The van der Waals surface area contributed by atoms with Crippen LogP contribution >= 0.6 is 11.6 Å². The first-order valence-corrected chi connectivity index (χ1v) is 5.80. The molecule has 1 aromatic carbocycles. The molecule has 3 nitrogen and oxygen atoms in total. The highest BCUT2D eigenvalue weighted by molar-refractivity contribution is 6.18. The summed E-state index contributed by atoms with van der Waals surface area (Å²) in [7, 11) is 0. The average molecular weight is 242 g/mol. The van der Waals surface area contributed by atoms with Crippen LogP contribution in [0, 0.1) is 0 Å². The van der Waals surface area contributed by atoms with Gasteiger partial charge in [-0.05, 0) is 12.0 Å². The summed E-state index contributed by atoms with van der Waals surface area (Å²) in [4.78, 5) is 11.3. The van der Waals surface area contributed by atoms with Gasteiger partial charge in [0.2, 0.25) is 5.91 Å². The number of carbonyl (C=O) groups excluding carboxylic acids is 1. The summed E-state index contributed by atoms with van der Waals surface area (Å²) >= 11 is 5.46. The zero-order chi connectivity index (χ0) is 11.8. The molecule has 0 spiro atoms. The number of halogens is 1. The first kappa shape index (κ1) is 13.0. The number of nitrogens with one attached hydrogen (secondary N) is 1. The van der Waals surface area contributed by atoms with Gasteiger partial charge >= 0.3 is 0 Å². The van der Waals surface area contributed by atoms with Gasteiger partial charge in [0.05, 0.1) is 12.6 Å². The van der Waals surface area contributed by atoms with E-state index in [9.17, 15) is 4.79 Å². The summed E-state index contributed by atoms with van der Waals surface area (Å²) in [6.07, 6.45) is 0.915. The smallest absolute Gasteiger partial charge is 0.221 e. The Morgan fingerprint density at radius 2 is 2.06 bits per heavy atom. The molecule has 0 aliphatic carbocycles. The van der Waals surface area contributed by atoms with Crippen molar-refractivity contribution in [3.05, 3.63) is 35.9 Å². The molecule has 0 aliphatic rings. The highest BCUT2D eigenvalue weighted by Crippen LogP contribution is 2.03. The zero-order valence-electron chi connectivity index (χ0n) is 9.03. The molecule has 0 bridgehead atoms. The Labute approximate surface area is 100 Å². The summed E-state index contributed by atoms with van der Waals surface area (Å²) in [6, 6.07) is 9.50. The molecule has 16 heavy (non-hydrogen) atoms. The minimum absolute atomic E-state index is 0.0665. The minimum atomic E-state index is -0.238. The molecule has 1 amide bonds. The number of amides is 1. The number of aliphatic hydroxyl groups is 1. The number of alkyl halides is 1. The third kappa shape index (κ3) is 4.64. The summed E-state index contributed by atoms with van der Waals surface area (Å²) in [5.41, 5.74) is 1.09. The summed E-state index contributed by atoms with van der Waals surface area (Å²) < 4.78 is 0. The standard InChI is InChI=1S/C12H16ClNO2/c13-7-6-12(16)14-11(9-15)8-10-4-2-1-3-5-10/h1-5,11,15H,6-9H2,(H,14,16)/t11-/m1/s1. The lowest BCUT2D eigenvalue weighted by Crippen LogP contribution is -2.39. The van der Waals surface area contributed by atoms with Gasteiger partial charge in [0.25, 0.3) is 0 Å². The molecule has 1 aromatic rings. The van der Waals surface area contributed by atoms with Gasteiger partial charge in [0, 0.05) is 12.3 Å². The van der Waals surface area contributed by atoms with Gasteiger partial charge in [-0.15, -0.1) is 11.6 Å². The maximum absolute atomic E-state index is 11.3. The molecule has 2 N–H and O–H groups in total. The van der Waals surface area contributed by atoms with Crippen LogP contribution in [0.5, 0.6) is 0 Å². The predicted molar refractivity (Wildman–Crippen MR) is 64.5 cm³/mol. The van der Waals surface area contributed by atoms with Crippen LogP contribution in [0.2, 0.25) is 0 Å². The number of aliphatic hydroxyl groups excluding tert-OH is 1. The summed E-state index contributed by atoms with van der Waals surface area (Å²) in [5, 5.41) is 11.9. The van der Waals surface area contributed by atoms with Crippen molar-refractivity contribution in [2.75, 3.05) is 12.5 Å². The van der Waals surface area contributed by atoms with Gasteiger partial charge in [-0.1, -0.05) is 30.3 Å². The zero-order valence-corrected chi connectivity index (χ0v) is 9.78. The molecule has 1 rings (SSSR count). The molecule has 0 heterocycles. The molecule has 0 radical (unpaired) electrons. The predicted octanol–water partition coefficient (Wildman–Crippen LogP) is 1.34. The van der Waals surface area contributed by atoms with Crippen molar-refractivity contribution in [3.8, 4) is 0 Å². The van der Waals surface area contributed by atoms with Gasteiger partial charge in [0.1, 0.15) is 0 Å². The van der Waals surface area contributed by atoms with Crippen molar-refractivity contribution in [2.24, 2.45) is 0 Å². The maximum Gasteiger partial charge on any atom is 0.221 e. The van der Waals surface area contributed by atoms with Gasteiger partial charge in [-0.3, -0.25) is 4.79 Å². The van der Waals surface area contributed by atoms with E-state index in [2.05, 4.69) is 5.32 Å². The highest BCUT2D eigenvalue weighted by atomic mass is 35.5. The van der Waals surface area contributed by atoms with Crippen molar-refractivity contribution >= 4 is 17.5 Å². The number of benzene rings is 1. The van der Waals surface area contributed by atoms with Gasteiger partial charge < -0.3 is 10.4 Å². The number of hydrogen-bond donors (Lipinski definition) is 2. The van der Waals surface area contributed by atoms with Crippen molar-refractivity contribution in [1.29, 1.82) is 0 Å². The van der Waals surface area contributed by atoms with Crippen LogP contribution in [0.15, 0.2) is 30.3 Å². The lowest BCUT2D eigenvalue weighted by molar-refractivity contribution is -0.121. The molecule has 1 atom stereocenters. The summed E-state index contributed by atoms with van der Waals surface area (Å²) in [6.45, 7) is -0.0665. The average Bonchev–Trinajstić information content (AvgIpc) is 2.30. The topological polar surface area (TPSA) is 49.3 Å². The second-order valence-corrected chi connectivity index (χ2v) is 3.95. The second kappa shape index (κ2) is 7.25. The Morgan fingerprint density at radius 1 is 1.38 bits per heavy atom. The second-order valence-electron chi connectivity index (χ2n) is 3.58. The van der Waals surface area contributed by atoms with E-state index in [-0.39, 0.29) is 25.0 Å². The van der Waals surface area contributed by atoms with E-state index in [4.69, 9.17) is 16.7 Å². The third-order valence-electron chi connectivity index (χ3n) is 2.23. The van der Waals surface area contributed by atoms with Crippen molar-refractivity contribution in [3.63, 3.8) is 0 Å². The lowest BCUT2D eigenvalue weighted by atomic mass is 10.1. The van der Waals surface area contributed by atoms with Crippen LogP contribution in [0.25, 0.3) is 0 Å². The van der Waals surface area contributed by atoms with Crippen molar-refractivity contribution < 1.29 is 9.90 Å². The Kier molecular flexibility index (Phi) is 5.90. The van der Waals surface area contributed by atoms with Crippen LogP contribution in [-0.2, 0) is 11.2 Å². The Hall–Kier alpha value is -1.06. The van der Waals surface area contributed by atoms with Crippen molar-refractivity contribution in [2.45, 2.75) is 18.9 Å². The largest absolute Gasteiger partial charge is 0.394 e. The van der Waals surface area contributed by atoms with E-state index in [1.165, 1.54) is 0 Å². The van der Waals surface area contributed by atoms with E-state index >= 15 is 0 Å². The molecule has 4 heteroatoms. The fourth-order valence-corrected chi connectivity index (χ4v) is 1.62. The fourth-order valence-electron chi connectivity index (χ4n) is 1.45. The number of carbonyl (C=O) groups is 1. The first-order valence-electron chi connectivity index (χ1n) is 5.26. The van der Waals surface area contributed by atoms with Crippen LogP contribution in [0.3, 0.4) is 0 Å². The Balaban J connectivity index is 2.46. The van der Waals surface area contributed by atoms with Crippen LogP contribution in [-0.4, -0.2) is 29.5 Å². The molecule has 0 saturated heterocycles. The van der Waals surface area contributed by atoms with Crippen LogP contribution in [0.4, 0.5) is 0 Å². The molecular weight excluding hydrogens is 226 g/mol. The minimum Gasteiger partial charge on any atom is -0.394 e. The number of hydrogen-bond acceptors (Lipinski definition) is 2. The molecule has 88 valence electrons. The van der Waals surface area contributed by atoms with Crippen LogP contribution in [0.1, 0.15) is 12.0 Å². The SMILES string of the molecule is O=C(CCCl)N[C@@H](CO)Cc1ccccc1. The van der Waals surface area contributed by atoms with Gasteiger partial charge in [0.15, 0.2) is 0 Å². The van der Waals surface area contributed by atoms with E-state index in [0.717, 1.165) is 5.56 Å². The number of rotatable bonds is 6. The molecule has 0 aliphatic heterocycles. The lowest BCUT2D eigenvalue weighted by Gasteiger charge is -2.15. The van der Waals surface area contributed by atoms with E-state index in [0.29, 0.717) is 12.3 Å². The molecule has 0 aromatic heterocycles. The monoisotopic (exact) mass is 241 g/mol. The normalized spacial score (nSPS) is 12.1. The van der Waals surface area contributed by atoms with E-state index in [1.54, 1.807) is 0 Å². The van der Waals surface area contributed by atoms with Gasteiger partial charge in [-0.2, -0.15) is 0 Å². The highest BCUT2D eigenvalue weighted by Gasteiger charge is 2.11. The molecule has 0 saturated carbocycles. The molecule has 0 fully saturated rings. The third-order valence-corrected chi connectivity index (χ3v) is 2.42. The van der Waals surface area contributed by atoms with E-state index in [1.807, 2.05) is 30.3 Å². The fraction of sp³-hybridized carbons (Fsp3) is 0.417. The maximum atomic E-state index is 11.3. The molecule has 0 unspecified atom stereocenters. The Bertz CT molecular complexity index is 316. The first-order chi connectivity index (χ1) is 7.76. The molecular formula is C12H16ClNO2. The summed E-state index contributed by atoms with van der Waals surface area (Å²) in [5.74, 6) is 0.181. The van der Waals surface area contributed by atoms with Crippen molar-refractivity contribution in [1.82, 2.24) is 5.32 Å². The van der Waals surface area contributed by atoms with Crippen LogP contribution < -0.4 is 5.32 Å². The van der Waals surface area contributed by atoms with E-state index < -0.39 is 0 Å². The quantitative estimate of drug-likeness (QED) is 0.739.